The molecule has 0 aromatic heterocycles. The van der Waals surface area contributed by atoms with E-state index in [1.165, 1.54) is 0 Å². The van der Waals surface area contributed by atoms with Gasteiger partial charge in [0.15, 0.2) is 6.29 Å². The van der Waals surface area contributed by atoms with Crippen molar-refractivity contribution in [2.24, 2.45) is 0 Å². The van der Waals surface area contributed by atoms with Crippen LogP contribution < -0.4 is 0 Å². The van der Waals surface area contributed by atoms with E-state index < -0.39 is 0 Å². The van der Waals surface area contributed by atoms with E-state index in [1.807, 2.05) is 24.3 Å². The van der Waals surface area contributed by atoms with Crippen LogP contribution in [0.2, 0.25) is 0 Å². The molecule has 0 saturated heterocycles. The molecular formula is C9H6BrClO. The van der Waals surface area contributed by atoms with Gasteiger partial charge in [-0.3, -0.25) is 4.79 Å². The fraction of sp³-hybridized carbons (Fsp3) is 0. The van der Waals surface area contributed by atoms with E-state index in [9.17, 15) is 4.79 Å². The zero-order valence-electron chi connectivity index (χ0n) is 6.13. The first-order chi connectivity index (χ1) is 5.72. The fourth-order valence-electron chi connectivity index (χ4n) is 0.752. The lowest BCUT2D eigenvalue weighted by atomic mass is 10.2. The number of hydrogen-bond acceptors (Lipinski definition) is 1. The van der Waals surface area contributed by atoms with Gasteiger partial charge in [0.1, 0.15) is 0 Å². The van der Waals surface area contributed by atoms with E-state index >= 15 is 0 Å². The summed E-state index contributed by atoms with van der Waals surface area (Å²) in [6, 6.07) is 7.52. The number of aldehydes is 1. The Labute approximate surface area is 84.2 Å². The fourth-order valence-corrected chi connectivity index (χ4v) is 1.14. The van der Waals surface area contributed by atoms with Crippen LogP contribution in [0.5, 0.6) is 0 Å². The maximum absolute atomic E-state index is 10.2. The van der Waals surface area contributed by atoms with Gasteiger partial charge in [-0.05, 0) is 23.8 Å². The summed E-state index contributed by atoms with van der Waals surface area (Å²) in [4.78, 5) is 10.2. The standard InChI is InChI=1S/C9H6BrClO/c10-8-3-1-7(2-4-8)5-9(11)6-12/h1-6H. The molecule has 12 heavy (non-hydrogen) atoms. The average molecular weight is 246 g/mol. The summed E-state index contributed by atoms with van der Waals surface area (Å²) in [6.45, 7) is 0. The molecular weight excluding hydrogens is 239 g/mol. The van der Waals surface area contributed by atoms with Crippen LogP contribution in [0.15, 0.2) is 33.8 Å². The Balaban J connectivity index is 2.91. The summed E-state index contributed by atoms with van der Waals surface area (Å²) < 4.78 is 1.00. The van der Waals surface area contributed by atoms with Crippen LogP contribution in [0.3, 0.4) is 0 Å². The van der Waals surface area contributed by atoms with Crippen molar-refractivity contribution >= 4 is 39.9 Å². The van der Waals surface area contributed by atoms with Gasteiger partial charge in [0.05, 0.1) is 5.03 Å². The highest BCUT2D eigenvalue weighted by Crippen LogP contribution is 2.13. The number of carbonyl (C=O) groups is 1. The van der Waals surface area contributed by atoms with Crippen molar-refractivity contribution in [2.45, 2.75) is 0 Å². The first kappa shape index (κ1) is 9.49. The van der Waals surface area contributed by atoms with Crippen molar-refractivity contribution in [3.05, 3.63) is 39.3 Å². The van der Waals surface area contributed by atoms with Crippen molar-refractivity contribution < 1.29 is 4.79 Å². The minimum atomic E-state index is 0.206. The second-order valence-electron chi connectivity index (χ2n) is 2.20. The van der Waals surface area contributed by atoms with Gasteiger partial charge < -0.3 is 0 Å². The summed E-state index contributed by atoms with van der Waals surface area (Å²) in [5.41, 5.74) is 0.912. The Morgan fingerprint density at radius 2 is 1.92 bits per heavy atom. The molecule has 0 aliphatic heterocycles. The minimum absolute atomic E-state index is 0.206. The minimum Gasteiger partial charge on any atom is -0.297 e. The number of carbonyl (C=O) groups excluding carboxylic acids is 1. The van der Waals surface area contributed by atoms with Gasteiger partial charge in [0.25, 0.3) is 0 Å². The van der Waals surface area contributed by atoms with Crippen molar-refractivity contribution in [2.75, 3.05) is 0 Å². The molecule has 1 rings (SSSR count). The maximum Gasteiger partial charge on any atom is 0.161 e. The van der Waals surface area contributed by atoms with Crippen LogP contribution in [0, 0.1) is 0 Å². The van der Waals surface area contributed by atoms with Crippen molar-refractivity contribution in [1.29, 1.82) is 0 Å². The van der Waals surface area contributed by atoms with Crippen LogP contribution in [-0.2, 0) is 4.79 Å². The lowest BCUT2D eigenvalue weighted by Gasteiger charge is -1.92. The topological polar surface area (TPSA) is 17.1 Å². The Kier molecular flexibility index (Phi) is 3.50. The maximum atomic E-state index is 10.2. The zero-order chi connectivity index (χ0) is 8.97. The molecule has 0 aliphatic carbocycles. The summed E-state index contributed by atoms with van der Waals surface area (Å²) in [5.74, 6) is 0. The van der Waals surface area contributed by atoms with Crippen LogP contribution in [0.25, 0.3) is 6.08 Å². The number of allylic oxidation sites excluding steroid dienone is 1. The van der Waals surface area contributed by atoms with E-state index in [-0.39, 0.29) is 5.03 Å². The molecule has 0 N–H and O–H groups in total. The smallest absolute Gasteiger partial charge is 0.161 e. The highest BCUT2D eigenvalue weighted by molar-refractivity contribution is 9.10. The molecule has 0 saturated carbocycles. The van der Waals surface area contributed by atoms with Gasteiger partial charge in [-0.15, -0.1) is 0 Å². The number of rotatable bonds is 2. The van der Waals surface area contributed by atoms with Crippen molar-refractivity contribution in [3.8, 4) is 0 Å². The van der Waals surface area contributed by atoms with Crippen molar-refractivity contribution in [1.82, 2.24) is 0 Å². The molecule has 62 valence electrons. The summed E-state index contributed by atoms with van der Waals surface area (Å²) in [7, 11) is 0. The largest absolute Gasteiger partial charge is 0.297 e. The van der Waals surface area contributed by atoms with Crippen LogP contribution in [-0.4, -0.2) is 6.29 Å². The molecule has 1 aromatic rings. The second-order valence-corrected chi connectivity index (χ2v) is 3.55. The summed E-state index contributed by atoms with van der Waals surface area (Å²) in [6.07, 6.45) is 2.23. The molecule has 1 nitrogen and oxygen atoms in total. The van der Waals surface area contributed by atoms with E-state index in [0.717, 1.165) is 10.0 Å². The molecule has 0 spiro atoms. The normalized spacial score (nSPS) is 11.3. The van der Waals surface area contributed by atoms with Gasteiger partial charge in [-0.1, -0.05) is 39.7 Å². The predicted octanol–water partition coefficient (Wildman–Crippen LogP) is 3.23. The first-order valence-electron chi connectivity index (χ1n) is 3.30. The molecule has 0 amide bonds. The Morgan fingerprint density at radius 1 is 1.33 bits per heavy atom. The third-order valence-electron chi connectivity index (χ3n) is 1.29. The van der Waals surface area contributed by atoms with E-state index in [4.69, 9.17) is 11.6 Å². The molecule has 0 radical (unpaired) electrons. The number of hydrogen-bond donors (Lipinski definition) is 0. The van der Waals surface area contributed by atoms with Crippen LogP contribution in [0.1, 0.15) is 5.56 Å². The van der Waals surface area contributed by atoms with Crippen LogP contribution in [0.4, 0.5) is 0 Å². The van der Waals surface area contributed by atoms with E-state index in [1.54, 1.807) is 6.08 Å². The van der Waals surface area contributed by atoms with E-state index in [2.05, 4.69) is 15.9 Å². The Bertz CT molecular complexity index is 303. The number of halogens is 2. The van der Waals surface area contributed by atoms with Crippen molar-refractivity contribution in [3.63, 3.8) is 0 Å². The van der Waals surface area contributed by atoms with Gasteiger partial charge in [0, 0.05) is 4.47 Å². The van der Waals surface area contributed by atoms with Gasteiger partial charge in [-0.25, -0.2) is 0 Å². The molecule has 0 aliphatic rings. The number of benzene rings is 1. The second kappa shape index (κ2) is 4.43. The first-order valence-corrected chi connectivity index (χ1v) is 4.47. The Morgan fingerprint density at radius 3 is 2.42 bits per heavy atom. The van der Waals surface area contributed by atoms with Gasteiger partial charge >= 0.3 is 0 Å². The highest BCUT2D eigenvalue weighted by Gasteiger charge is 1.90. The monoisotopic (exact) mass is 244 g/mol. The lowest BCUT2D eigenvalue weighted by Crippen LogP contribution is -1.74. The lowest BCUT2D eigenvalue weighted by molar-refractivity contribution is -0.104. The highest BCUT2D eigenvalue weighted by atomic mass is 79.9. The zero-order valence-corrected chi connectivity index (χ0v) is 8.47. The third-order valence-corrected chi connectivity index (χ3v) is 2.01. The SMILES string of the molecule is O=CC(Cl)=Cc1ccc(Br)cc1. The van der Waals surface area contributed by atoms with Gasteiger partial charge in [-0.2, -0.15) is 0 Å². The molecule has 0 bridgehead atoms. The molecule has 3 heteroatoms. The molecule has 1 aromatic carbocycles. The molecule has 0 heterocycles. The van der Waals surface area contributed by atoms with Crippen LogP contribution >= 0.6 is 27.5 Å². The van der Waals surface area contributed by atoms with E-state index in [0.29, 0.717) is 6.29 Å². The molecule has 0 fully saturated rings. The summed E-state index contributed by atoms with van der Waals surface area (Å²) >= 11 is 8.83. The molecule has 0 unspecified atom stereocenters. The third kappa shape index (κ3) is 2.80. The average Bonchev–Trinajstić information content (AvgIpc) is 2.09. The molecule has 0 atom stereocenters. The predicted molar refractivity (Wildman–Crippen MR) is 54.0 cm³/mol. The quantitative estimate of drug-likeness (QED) is 0.577. The summed E-state index contributed by atoms with van der Waals surface area (Å²) in [5, 5.41) is 0.206. The van der Waals surface area contributed by atoms with Gasteiger partial charge in [0.2, 0.25) is 0 Å². The Hall–Kier alpha value is -0.600.